The van der Waals surface area contributed by atoms with E-state index in [1.807, 2.05) is 0 Å². The maximum atomic E-state index is 5.23. The SMILES string of the molecule is [C]1OCCCC1C1CCCS1. The van der Waals surface area contributed by atoms with Crippen LogP contribution in [0.3, 0.4) is 0 Å². The van der Waals surface area contributed by atoms with Crippen molar-refractivity contribution in [1.29, 1.82) is 0 Å². The lowest BCUT2D eigenvalue weighted by molar-refractivity contribution is 0.115. The van der Waals surface area contributed by atoms with Crippen LogP contribution in [0.5, 0.6) is 0 Å². The van der Waals surface area contributed by atoms with Gasteiger partial charge in [-0.15, -0.1) is 0 Å². The molecule has 0 spiro atoms. The van der Waals surface area contributed by atoms with Gasteiger partial charge in [0.25, 0.3) is 0 Å². The first kappa shape index (κ1) is 7.93. The molecular weight excluding hydrogens is 156 g/mol. The second-order valence-corrected chi connectivity index (χ2v) is 4.61. The molecule has 2 saturated heterocycles. The molecule has 2 aliphatic heterocycles. The summed E-state index contributed by atoms with van der Waals surface area (Å²) in [6, 6.07) is 0. The van der Waals surface area contributed by atoms with Crippen LogP contribution in [-0.2, 0) is 4.74 Å². The molecule has 0 aromatic rings. The molecule has 2 heteroatoms. The Labute approximate surface area is 72.9 Å². The van der Waals surface area contributed by atoms with Crippen LogP contribution in [0.2, 0.25) is 0 Å². The minimum Gasteiger partial charge on any atom is -0.368 e. The fraction of sp³-hybridized carbons (Fsp3) is 0.889. The third kappa shape index (κ3) is 1.91. The first-order valence-electron chi connectivity index (χ1n) is 4.46. The zero-order valence-corrected chi connectivity index (χ0v) is 7.53. The van der Waals surface area contributed by atoms with E-state index in [1.54, 1.807) is 0 Å². The molecule has 1 nitrogen and oxygen atoms in total. The Morgan fingerprint density at radius 1 is 1.27 bits per heavy atom. The smallest absolute Gasteiger partial charge is 0.136 e. The molecule has 0 aromatic heterocycles. The summed E-state index contributed by atoms with van der Waals surface area (Å²) in [4.78, 5) is 0. The quantitative estimate of drug-likeness (QED) is 0.597. The fourth-order valence-corrected chi connectivity index (χ4v) is 3.18. The number of ether oxygens (including phenoxy) is 1. The predicted octanol–water partition coefficient (Wildman–Crippen LogP) is 2.35. The van der Waals surface area contributed by atoms with E-state index in [4.69, 9.17) is 4.74 Å². The van der Waals surface area contributed by atoms with Crippen LogP contribution in [-0.4, -0.2) is 17.6 Å². The molecule has 0 saturated carbocycles. The summed E-state index contributed by atoms with van der Waals surface area (Å²) in [6.07, 6.45) is 5.31. The zero-order chi connectivity index (χ0) is 7.52. The first-order chi connectivity index (χ1) is 5.47. The van der Waals surface area contributed by atoms with Gasteiger partial charge in [0.05, 0.1) is 0 Å². The molecule has 2 unspecified atom stereocenters. The minimum absolute atomic E-state index is 0.635. The maximum Gasteiger partial charge on any atom is 0.136 e. The maximum absolute atomic E-state index is 5.23. The van der Waals surface area contributed by atoms with Gasteiger partial charge in [0.2, 0.25) is 0 Å². The molecule has 2 radical (unpaired) electrons. The van der Waals surface area contributed by atoms with E-state index in [2.05, 4.69) is 18.4 Å². The molecule has 0 aromatic carbocycles. The van der Waals surface area contributed by atoms with Crippen LogP contribution in [0.25, 0.3) is 0 Å². The van der Waals surface area contributed by atoms with Crippen molar-refractivity contribution >= 4 is 11.8 Å². The summed E-state index contributed by atoms with van der Waals surface area (Å²) >= 11 is 2.11. The lowest BCUT2D eigenvalue weighted by Crippen LogP contribution is -2.21. The van der Waals surface area contributed by atoms with Crippen molar-refractivity contribution in [1.82, 2.24) is 0 Å². The van der Waals surface area contributed by atoms with E-state index in [1.165, 1.54) is 31.4 Å². The molecule has 62 valence electrons. The number of hydrogen-bond donors (Lipinski definition) is 0. The van der Waals surface area contributed by atoms with E-state index >= 15 is 0 Å². The van der Waals surface area contributed by atoms with Gasteiger partial charge in [0.15, 0.2) is 0 Å². The topological polar surface area (TPSA) is 9.23 Å². The van der Waals surface area contributed by atoms with Gasteiger partial charge in [-0.1, -0.05) is 0 Å². The van der Waals surface area contributed by atoms with Gasteiger partial charge in [0.1, 0.15) is 6.61 Å². The summed E-state index contributed by atoms with van der Waals surface area (Å²) in [5, 5.41) is 0.829. The van der Waals surface area contributed by atoms with Crippen LogP contribution >= 0.6 is 11.8 Å². The summed E-state index contributed by atoms with van der Waals surface area (Å²) in [5.41, 5.74) is 0. The second kappa shape index (κ2) is 3.81. The Balaban J connectivity index is 1.82. The third-order valence-corrected chi connectivity index (χ3v) is 3.93. The predicted molar refractivity (Wildman–Crippen MR) is 47.4 cm³/mol. The van der Waals surface area contributed by atoms with E-state index in [0.717, 1.165) is 11.9 Å². The van der Waals surface area contributed by atoms with E-state index < -0.39 is 0 Å². The normalized spacial score (nSPS) is 39.3. The van der Waals surface area contributed by atoms with E-state index in [9.17, 15) is 0 Å². The molecule has 0 aliphatic carbocycles. The Hall–Kier alpha value is 0.310. The highest BCUT2D eigenvalue weighted by Gasteiger charge is 2.28. The Morgan fingerprint density at radius 3 is 2.91 bits per heavy atom. The lowest BCUT2D eigenvalue weighted by atomic mass is 9.96. The molecule has 2 aliphatic rings. The molecule has 11 heavy (non-hydrogen) atoms. The highest BCUT2D eigenvalue weighted by atomic mass is 32.2. The summed E-state index contributed by atoms with van der Waals surface area (Å²) in [7, 11) is 0. The minimum atomic E-state index is 0.635. The lowest BCUT2D eigenvalue weighted by Gasteiger charge is -2.25. The van der Waals surface area contributed by atoms with E-state index in [0.29, 0.717) is 5.92 Å². The molecule has 2 heterocycles. The van der Waals surface area contributed by atoms with Gasteiger partial charge >= 0.3 is 0 Å². The van der Waals surface area contributed by atoms with E-state index in [-0.39, 0.29) is 0 Å². The summed E-state index contributed by atoms with van der Waals surface area (Å²) in [5.74, 6) is 1.99. The Morgan fingerprint density at radius 2 is 2.27 bits per heavy atom. The van der Waals surface area contributed by atoms with Crippen molar-refractivity contribution in [2.45, 2.75) is 30.9 Å². The van der Waals surface area contributed by atoms with Gasteiger partial charge in [0, 0.05) is 17.8 Å². The average molecular weight is 170 g/mol. The Bertz CT molecular complexity index is 115. The van der Waals surface area contributed by atoms with Crippen LogP contribution in [0, 0.1) is 12.5 Å². The third-order valence-electron chi connectivity index (χ3n) is 2.41. The highest BCUT2D eigenvalue weighted by molar-refractivity contribution is 8.00. The molecule has 0 N–H and O–H groups in total. The average Bonchev–Trinajstić information content (AvgIpc) is 2.58. The molecular formula is C9H14OS. The Kier molecular flexibility index (Phi) is 2.75. The van der Waals surface area contributed by atoms with Gasteiger partial charge in [-0.05, 0) is 31.4 Å². The number of hydrogen-bond acceptors (Lipinski definition) is 2. The van der Waals surface area contributed by atoms with Crippen molar-refractivity contribution in [3.8, 4) is 0 Å². The van der Waals surface area contributed by atoms with Crippen molar-refractivity contribution < 1.29 is 4.74 Å². The first-order valence-corrected chi connectivity index (χ1v) is 5.50. The number of rotatable bonds is 1. The van der Waals surface area contributed by atoms with Crippen molar-refractivity contribution in [3.63, 3.8) is 0 Å². The van der Waals surface area contributed by atoms with Crippen LogP contribution < -0.4 is 0 Å². The standard InChI is InChI=1S/C9H14OS/c1-3-8(7-10-5-1)9-4-2-6-11-9/h8-9H,1-6H2. The van der Waals surface area contributed by atoms with Crippen molar-refractivity contribution in [2.75, 3.05) is 12.4 Å². The molecule has 2 rings (SSSR count). The second-order valence-electron chi connectivity index (χ2n) is 3.27. The van der Waals surface area contributed by atoms with Gasteiger partial charge in [-0.2, -0.15) is 11.8 Å². The van der Waals surface area contributed by atoms with Crippen LogP contribution in [0.15, 0.2) is 0 Å². The highest BCUT2D eigenvalue weighted by Crippen LogP contribution is 2.36. The number of thioether (sulfide) groups is 1. The zero-order valence-electron chi connectivity index (χ0n) is 6.71. The fourth-order valence-electron chi connectivity index (χ4n) is 1.78. The largest absolute Gasteiger partial charge is 0.368 e. The van der Waals surface area contributed by atoms with Crippen LogP contribution in [0.1, 0.15) is 25.7 Å². The monoisotopic (exact) mass is 170 g/mol. The van der Waals surface area contributed by atoms with Gasteiger partial charge in [-0.25, -0.2) is 0 Å². The molecule has 2 atom stereocenters. The molecule has 0 amide bonds. The van der Waals surface area contributed by atoms with Gasteiger partial charge in [-0.3, -0.25) is 0 Å². The molecule has 0 bridgehead atoms. The van der Waals surface area contributed by atoms with Gasteiger partial charge < -0.3 is 4.74 Å². The summed E-state index contributed by atoms with van der Waals surface area (Å²) in [6.45, 7) is 4.04. The van der Waals surface area contributed by atoms with Crippen molar-refractivity contribution in [2.24, 2.45) is 5.92 Å². The molecule has 2 fully saturated rings. The summed E-state index contributed by atoms with van der Waals surface area (Å²) < 4.78 is 5.23. The van der Waals surface area contributed by atoms with Crippen LogP contribution in [0.4, 0.5) is 0 Å². The van der Waals surface area contributed by atoms with Crippen molar-refractivity contribution in [3.05, 3.63) is 6.61 Å².